The molecule has 2 aromatic carbocycles. The molecular formula is C24H27N5O3. The van der Waals surface area contributed by atoms with Gasteiger partial charge in [0.15, 0.2) is 5.78 Å². The summed E-state index contributed by atoms with van der Waals surface area (Å²) in [5.41, 5.74) is 1.58. The Morgan fingerprint density at radius 3 is 2.38 bits per heavy atom. The number of imidazole rings is 1. The molecule has 0 saturated carbocycles. The summed E-state index contributed by atoms with van der Waals surface area (Å²) >= 11 is 0. The van der Waals surface area contributed by atoms with Gasteiger partial charge in [-0.25, -0.2) is 4.98 Å². The monoisotopic (exact) mass is 433 g/mol. The summed E-state index contributed by atoms with van der Waals surface area (Å²) in [6.07, 6.45) is 1.28. The number of aromatic amines is 1. The van der Waals surface area contributed by atoms with Gasteiger partial charge in [-0.15, -0.1) is 0 Å². The average molecular weight is 434 g/mol. The number of ketones is 1. The molecule has 0 aliphatic carbocycles. The van der Waals surface area contributed by atoms with Gasteiger partial charge in [0.1, 0.15) is 34.6 Å². The molecule has 1 atom stereocenters. The first-order chi connectivity index (χ1) is 15.5. The first-order valence-electron chi connectivity index (χ1n) is 10.8. The third-order valence-electron chi connectivity index (χ3n) is 6.75. The number of amidine groups is 1. The van der Waals surface area contributed by atoms with E-state index in [1.165, 1.54) is 0 Å². The number of nitrogens with one attached hydrogen (secondary N) is 2. The van der Waals surface area contributed by atoms with Crippen LogP contribution in [0, 0.1) is 5.41 Å². The first kappa shape index (κ1) is 20.5. The lowest BCUT2D eigenvalue weighted by molar-refractivity contribution is -0.124. The van der Waals surface area contributed by atoms with Crippen LogP contribution in [0.1, 0.15) is 24.6 Å². The standard InChI is InChI=1S/C24H27N5O3/c1-28-10-8-24(9-11-28)21(30)20(23-26-18-6-4-5-7-19(18)27-23)22(25)29(24)15-12-16(31-2)14-17(13-15)32-3/h4-7,12-14,20,25H,8-11H2,1-3H3,(H,26,27). The number of likely N-dealkylation sites (tertiary alicyclic amines) is 1. The average Bonchev–Trinajstić information content (AvgIpc) is 3.32. The number of Topliss-reactive ketones (excluding diaryl/α,β-unsaturated/α-hetero) is 1. The van der Waals surface area contributed by atoms with Gasteiger partial charge in [-0.3, -0.25) is 10.2 Å². The molecule has 2 saturated heterocycles. The molecule has 2 N–H and O–H groups in total. The van der Waals surface area contributed by atoms with E-state index in [4.69, 9.17) is 14.9 Å². The highest BCUT2D eigenvalue weighted by Crippen LogP contribution is 2.46. The predicted molar refractivity (Wildman–Crippen MR) is 123 cm³/mol. The second-order valence-corrected chi connectivity index (χ2v) is 8.56. The van der Waals surface area contributed by atoms with Crippen LogP contribution in [-0.4, -0.2) is 66.4 Å². The number of aromatic nitrogens is 2. The highest BCUT2D eigenvalue weighted by Gasteiger charge is 2.58. The Bertz CT molecular complexity index is 1140. The molecule has 166 valence electrons. The molecule has 1 unspecified atom stereocenters. The number of carbonyl (C=O) groups excluding carboxylic acids is 1. The lowest BCUT2D eigenvalue weighted by Crippen LogP contribution is -2.56. The fraction of sp³-hybridized carbons (Fsp3) is 0.375. The van der Waals surface area contributed by atoms with E-state index in [1.54, 1.807) is 20.3 Å². The molecule has 2 aliphatic heterocycles. The van der Waals surface area contributed by atoms with E-state index in [0.717, 1.165) is 29.8 Å². The van der Waals surface area contributed by atoms with E-state index in [1.807, 2.05) is 41.3 Å². The van der Waals surface area contributed by atoms with Crippen molar-refractivity contribution in [1.82, 2.24) is 14.9 Å². The Labute approximate surface area is 186 Å². The number of carbonyl (C=O) groups is 1. The van der Waals surface area contributed by atoms with Gasteiger partial charge in [0.2, 0.25) is 0 Å². The van der Waals surface area contributed by atoms with E-state index in [2.05, 4.69) is 21.9 Å². The lowest BCUT2D eigenvalue weighted by Gasteiger charge is -2.43. The minimum Gasteiger partial charge on any atom is -0.497 e. The molecule has 0 radical (unpaired) electrons. The number of hydrogen-bond acceptors (Lipinski definition) is 6. The number of anilines is 1. The Morgan fingerprint density at radius 2 is 1.75 bits per heavy atom. The zero-order valence-corrected chi connectivity index (χ0v) is 18.5. The third-order valence-corrected chi connectivity index (χ3v) is 6.75. The van der Waals surface area contributed by atoms with Gasteiger partial charge in [-0.05, 0) is 32.0 Å². The van der Waals surface area contributed by atoms with Crippen LogP contribution < -0.4 is 14.4 Å². The molecule has 2 aliphatic rings. The molecule has 0 bridgehead atoms. The second kappa shape index (κ2) is 7.63. The lowest BCUT2D eigenvalue weighted by atomic mass is 9.81. The summed E-state index contributed by atoms with van der Waals surface area (Å²) in [6, 6.07) is 13.2. The minimum atomic E-state index is -0.801. The van der Waals surface area contributed by atoms with Gasteiger partial charge in [-0.1, -0.05) is 12.1 Å². The van der Waals surface area contributed by atoms with Gasteiger partial charge in [-0.2, -0.15) is 0 Å². The van der Waals surface area contributed by atoms with Gasteiger partial charge >= 0.3 is 0 Å². The molecule has 3 aromatic rings. The van der Waals surface area contributed by atoms with Crippen LogP contribution in [0.5, 0.6) is 11.5 Å². The van der Waals surface area contributed by atoms with E-state index >= 15 is 0 Å². The van der Waals surface area contributed by atoms with Crippen molar-refractivity contribution >= 4 is 28.3 Å². The normalized spacial score (nSPS) is 21.0. The minimum absolute atomic E-state index is 0.0245. The van der Waals surface area contributed by atoms with Crippen LogP contribution >= 0.6 is 0 Å². The number of H-pyrrole nitrogens is 1. The first-order valence-corrected chi connectivity index (χ1v) is 10.8. The Morgan fingerprint density at radius 1 is 1.09 bits per heavy atom. The SMILES string of the molecule is COc1cc(OC)cc(N2C(=N)C(c3nc4ccccc4[nH]3)C(=O)C23CCN(C)CC3)c1. The quantitative estimate of drug-likeness (QED) is 0.656. The number of fused-ring (bicyclic) bond motifs is 1. The Hall–Kier alpha value is -3.39. The third kappa shape index (κ3) is 3.05. The summed E-state index contributed by atoms with van der Waals surface area (Å²) in [7, 11) is 5.26. The van der Waals surface area contributed by atoms with Crippen LogP contribution in [0.25, 0.3) is 11.0 Å². The fourth-order valence-electron chi connectivity index (χ4n) is 4.99. The van der Waals surface area contributed by atoms with Gasteiger partial charge in [0, 0.05) is 31.3 Å². The van der Waals surface area contributed by atoms with Crippen LogP contribution in [-0.2, 0) is 4.79 Å². The summed E-state index contributed by atoms with van der Waals surface area (Å²) in [5.74, 6) is 1.27. The van der Waals surface area contributed by atoms with Crippen LogP contribution in [0.4, 0.5) is 5.69 Å². The zero-order valence-electron chi connectivity index (χ0n) is 18.5. The Kier molecular flexibility index (Phi) is 4.89. The summed E-state index contributed by atoms with van der Waals surface area (Å²) in [5, 5.41) is 9.16. The highest BCUT2D eigenvalue weighted by atomic mass is 16.5. The molecule has 5 rings (SSSR count). The van der Waals surface area contributed by atoms with Crippen molar-refractivity contribution in [3.8, 4) is 11.5 Å². The summed E-state index contributed by atoms with van der Waals surface area (Å²) < 4.78 is 10.9. The maximum absolute atomic E-state index is 14.0. The van der Waals surface area contributed by atoms with E-state index in [0.29, 0.717) is 30.2 Å². The van der Waals surface area contributed by atoms with E-state index in [-0.39, 0.29) is 11.6 Å². The van der Waals surface area contributed by atoms with Crippen molar-refractivity contribution in [2.24, 2.45) is 0 Å². The fourth-order valence-corrected chi connectivity index (χ4v) is 4.99. The van der Waals surface area contributed by atoms with Crippen molar-refractivity contribution in [2.75, 3.05) is 39.3 Å². The van der Waals surface area contributed by atoms with Crippen LogP contribution in [0.15, 0.2) is 42.5 Å². The number of piperidine rings is 1. The van der Waals surface area contributed by atoms with Crippen molar-refractivity contribution in [1.29, 1.82) is 5.41 Å². The summed E-state index contributed by atoms with van der Waals surface area (Å²) in [4.78, 5) is 26.1. The van der Waals surface area contributed by atoms with Crippen molar-refractivity contribution in [3.05, 3.63) is 48.3 Å². The van der Waals surface area contributed by atoms with Gasteiger partial charge in [0.05, 0.1) is 30.9 Å². The highest BCUT2D eigenvalue weighted by molar-refractivity contribution is 6.26. The molecule has 32 heavy (non-hydrogen) atoms. The number of para-hydroxylation sites is 2. The predicted octanol–water partition coefficient (Wildman–Crippen LogP) is 3.19. The van der Waals surface area contributed by atoms with Crippen LogP contribution in [0.3, 0.4) is 0 Å². The van der Waals surface area contributed by atoms with Crippen LogP contribution in [0.2, 0.25) is 0 Å². The van der Waals surface area contributed by atoms with Crippen molar-refractivity contribution in [3.63, 3.8) is 0 Å². The number of methoxy groups -OCH3 is 2. The largest absolute Gasteiger partial charge is 0.497 e. The second-order valence-electron chi connectivity index (χ2n) is 8.56. The number of nitrogens with zero attached hydrogens (tertiary/aromatic N) is 3. The molecule has 0 amide bonds. The van der Waals surface area contributed by atoms with Crippen molar-refractivity contribution in [2.45, 2.75) is 24.3 Å². The Balaban J connectivity index is 1.65. The molecule has 2 fully saturated rings. The van der Waals surface area contributed by atoms with Gasteiger partial charge in [0.25, 0.3) is 0 Å². The van der Waals surface area contributed by atoms with E-state index in [9.17, 15) is 4.79 Å². The van der Waals surface area contributed by atoms with Gasteiger partial charge < -0.3 is 24.3 Å². The molecule has 3 heterocycles. The van der Waals surface area contributed by atoms with Crippen molar-refractivity contribution < 1.29 is 14.3 Å². The molecule has 1 spiro atoms. The maximum atomic E-state index is 14.0. The summed E-state index contributed by atoms with van der Waals surface area (Å²) in [6.45, 7) is 1.56. The maximum Gasteiger partial charge on any atom is 0.177 e. The number of ether oxygens (including phenoxy) is 2. The smallest absolute Gasteiger partial charge is 0.177 e. The number of benzene rings is 2. The topological polar surface area (TPSA) is 94.5 Å². The molecule has 8 nitrogen and oxygen atoms in total. The zero-order chi connectivity index (χ0) is 22.5. The number of rotatable bonds is 4. The van der Waals surface area contributed by atoms with E-state index < -0.39 is 11.5 Å². The number of hydrogen-bond donors (Lipinski definition) is 2. The molecular weight excluding hydrogens is 406 g/mol. The molecule has 1 aromatic heterocycles. The molecule has 8 heteroatoms.